The summed E-state index contributed by atoms with van der Waals surface area (Å²) in [7, 11) is 4.70. The molecule has 140 valence electrons. The molecule has 0 saturated carbocycles. The van der Waals surface area contributed by atoms with Crippen molar-refractivity contribution in [3.63, 3.8) is 0 Å². The van der Waals surface area contributed by atoms with Crippen molar-refractivity contribution in [2.45, 2.75) is 32.6 Å². The topological polar surface area (TPSA) is 69.3 Å². The molecule has 1 heterocycles. The molecule has 0 aliphatic carbocycles. The Kier molecular flexibility index (Phi) is 6.90. The number of nitrogens with one attached hydrogen (secondary N) is 1. The molecule has 7 nitrogen and oxygen atoms in total. The molecule has 25 heavy (non-hydrogen) atoms. The molecule has 0 radical (unpaired) electrons. The Balaban J connectivity index is 1.95. The first-order valence-electron chi connectivity index (χ1n) is 8.40. The van der Waals surface area contributed by atoms with Crippen molar-refractivity contribution in [1.82, 2.24) is 10.2 Å². The maximum atomic E-state index is 12.2. The van der Waals surface area contributed by atoms with Crippen LogP contribution in [-0.2, 0) is 16.1 Å². The number of hydrogen-bond acceptors (Lipinski definition) is 6. The summed E-state index contributed by atoms with van der Waals surface area (Å²) >= 11 is 0. The number of morpholine rings is 1. The highest BCUT2D eigenvalue weighted by atomic mass is 16.5. The lowest BCUT2D eigenvalue weighted by Crippen LogP contribution is -2.49. The molecule has 0 unspecified atom stereocenters. The molecular formula is C18H28N2O5. The molecule has 1 amide bonds. The number of hydrogen-bond donors (Lipinski definition) is 1. The molecule has 1 aliphatic rings. The normalized spacial score (nSPS) is 20.8. The van der Waals surface area contributed by atoms with Crippen LogP contribution in [0.3, 0.4) is 0 Å². The zero-order valence-electron chi connectivity index (χ0n) is 15.6. The van der Waals surface area contributed by atoms with Crippen LogP contribution in [0.25, 0.3) is 0 Å². The van der Waals surface area contributed by atoms with Gasteiger partial charge in [-0.25, -0.2) is 0 Å². The highest BCUT2D eigenvalue weighted by Crippen LogP contribution is 2.38. The van der Waals surface area contributed by atoms with Gasteiger partial charge in [0.1, 0.15) is 0 Å². The highest BCUT2D eigenvalue weighted by molar-refractivity contribution is 5.78. The van der Waals surface area contributed by atoms with E-state index in [1.165, 1.54) is 0 Å². The van der Waals surface area contributed by atoms with E-state index in [2.05, 4.69) is 10.2 Å². The Morgan fingerprint density at radius 1 is 1.12 bits per heavy atom. The summed E-state index contributed by atoms with van der Waals surface area (Å²) in [6, 6.07) is 3.67. The molecule has 1 fully saturated rings. The molecule has 1 saturated heterocycles. The van der Waals surface area contributed by atoms with Gasteiger partial charge in [0.05, 0.1) is 40.1 Å². The zero-order chi connectivity index (χ0) is 18.4. The average molecular weight is 352 g/mol. The Labute approximate surface area is 149 Å². The molecule has 7 heteroatoms. The Bertz CT molecular complexity index is 558. The third kappa shape index (κ3) is 5.24. The first-order valence-corrected chi connectivity index (χ1v) is 8.40. The molecule has 1 aromatic carbocycles. The van der Waals surface area contributed by atoms with Crippen molar-refractivity contribution in [3.8, 4) is 17.2 Å². The number of carbonyl (C=O) groups is 1. The minimum absolute atomic E-state index is 0.0185. The minimum atomic E-state index is -0.0185. The van der Waals surface area contributed by atoms with Crippen molar-refractivity contribution in [2.75, 3.05) is 41.0 Å². The van der Waals surface area contributed by atoms with Crippen LogP contribution >= 0.6 is 0 Å². The van der Waals surface area contributed by atoms with E-state index in [0.717, 1.165) is 18.7 Å². The lowest BCUT2D eigenvalue weighted by Gasteiger charge is -2.34. The molecule has 0 aromatic heterocycles. The molecule has 1 aliphatic heterocycles. The second kappa shape index (κ2) is 8.92. The van der Waals surface area contributed by atoms with E-state index < -0.39 is 0 Å². The molecule has 2 rings (SSSR count). The standard InChI is InChI=1S/C18H28N2O5/c1-12-9-20(10-13(2)25-12)11-17(21)19-8-14-6-15(22-3)18(24-5)16(7-14)23-4/h6-7,12-13H,8-11H2,1-5H3,(H,19,21)/t12-,13-/m1/s1. The van der Waals surface area contributed by atoms with Crippen LogP contribution in [0.1, 0.15) is 19.4 Å². The smallest absolute Gasteiger partial charge is 0.234 e. The van der Waals surface area contributed by atoms with Crippen LogP contribution in [0, 0.1) is 0 Å². The number of carbonyl (C=O) groups excluding carboxylic acids is 1. The van der Waals surface area contributed by atoms with Gasteiger partial charge in [0.2, 0.25) is 11.7 Å². The van der Waals surface area contributed by atoms with Gasteiger partial charge >= 0.3 is 0 Å². The molecule has 1 aromatic rings. The second-order valence-corrected chi connectivity index (χ2v) is 6.26. The third-order valence-corrected chi connectivity index (χ3v) is 4.08. The summed E-state index contributed by atoms with van der Waals surface area (Å²) in [5, 5.41) is 2.94. The predicted octanol–water partition coefficient (Wildman–Crippen LogP) is 1.44. The van der Waals surface area contributed by atoms with Crippen molar-refractivity contribution in [3.05, 3.63) is 17.7 Å². The van der Waals surface area contributed by atoms with E-state index in [1.807, 2.05) is 26.0 Å². The predicted molar refractivity (Wildman–Crippen MR) is 94.4 cm³/mol. The van der Waals surface area contributed by atoms with Gasteiger partial charge in [-0.05, 0) is 31.5 Å². The molecule has 2 atom stereocenters. The number of benzene rings is 1. The first kappa shape index (κ1) is 19.3. The van der Waals surface area contributed by atoms with E-state index in [0.29, 0.717) is 30.3 Å². The van der Waals surface area contributed by atoms with Gasteiger partial charge in [-0.1, -0.05) is 0 Å². The summed E-state index contributed by atoms with van der Waals surface area (Å²) < 4.78 is 21.7. The Morgan fingerprint density at radius 3 is 2.16 bits per heavy atom. The van der Waals surface area contributed by atoms with E-state index in [4.69, 9.17) is 18.9 Å². The number of ether oxygens (including phenoxy) is 4. The summed E-state index contributed by atoms with van der Waals surface area (Å²) in [6.07, 6.45) is 0.290. The molecular weight excluding hydrogens is 324 g/mol. The maximum Gasteiger partial charge on any atom is 0.234 e. The SMILES string of the molecule is COc1cc(CNC(=O)CN2C[C@@H](C)O[C@H](C)C2)cc(OC)c1OC. The van der Waals surface area contributed by atoms with Gasteiger partial charge in [-0.2, -0.15) is 0 Å². The van der Waals surface area contributed by atoms with Crippen LogP contribution in [0.15, 0.2) is 12.1 Å². The van der Waals surface area contributed by atoms with Crippen molar-refractivity contribution in [1.29, 1.82) is 0 Å². The van der Waals surface area contributed by atoms with Crippen molar-refractivity contribution in [2.24, 2.45) is 0 Å². The lowest BCUT2D eigenvalue weighted by molar-refractivity contribution is -0.126. The van der Waals surface area contributed by atoms with E-state index in [-0.39, 0.29) is 18.1 Å². The zero-order valence-corrected chi connectivity index (χ0v) is 15.6. The van der Waals surface area contributed by atoms with Crippen LogP contribution < -0.4 is 19.5 Å². The molecule has 0 spiro atoms. The third-order valence-electron chi connectivity index (χ3n) is 4.08. The fourth-order valence-corrected chi connectivity index (χ4v) is 3.11. The van der Waals surface area contributed by atoms with Crippen LogP contribution in [0.2, 0.25) is 0 Å². The number of methoxy groups -OCH3 is 3. The minimum Gasteiger partial charge on any atom is -0.493 e. The van der Waals surface area contributed by atoms with Crippen LogP contribution in [-0.4, -0.2) is 64.0 Å². The summed E-state index contributed by atoms with van der Waals surface area (Å²) in [4.78, 5) is 14.4. The molecule has 0 bridgehead atoms. The summed E-state index contributed by atoms with van der Waals surface area (Å²) in [5.74, 6) is 1.66. The second-order valence-electron chi connectivity index (χ2n) is 6.26. The summed E-state index contributed by atoms with van der Waals surface area (Å²) in [5.41, 5.74) is 0.881. The number of rotatable bonds is 7. The molecule has 1 N–H and O–H groups in total. The van der Waals surface area contributed by atoms with Gasteiger partial charge in [0.15, 0.2) is 11.5 Å². The van der Waals surface area contributed by atoms with E-state index in [1.54, 1.807) is 21.3 Å². The van der Waals surface area contributed by atoms with Crippen LogP contribution in [0.4, 0.5) is 0 Å². The maximum absolute atomic E-state index is 12.2. The first-order chi connectivity index (χ1) is 12.0. The Hall–Kier alpha value is -1.99. The van der Waals surface area contributed by atoms with Gasteiger partial charge in [-0.15, -0.1) is 0 Å². The van der Waals surface area contributed by atoms with Gasteiger partial charge in [0.25, 0.3) is 0 Å². The summed E-state index contributed by atoms with van der Waals surface area (Å²) in [6.45, 7) is 6.34. The fraction of sp³-hybridized carbons (Fsp3) is 0.611. The van der Waals surface area contributed by atoms with Crippen molar-refractivity contribution >= 4 is 5.91 Å². The van der Waals surface area contributed by atoms with E-state index in [9.17, 15) is 4.79 Å². The van der Waals surface area contributed by atoms with Crippen molar-refractivity contribution < 1.29 is 23.7 Å². The Morgan fingerprint density at radius 2 is 1.68 bits per heavy atom. The van der Waals surface area contributed by atoms with E-state index >= 15 is 0 Å². The van der Waals surface area contributed by atoms with Gasteiger partial charge in [0, 0.05) is 19.6 Å². The number of amides is 1. The lowest BCUT2D eigenvalue weighted by atomic mass is 10.1. The quantitative estimate of drug-likeness (QED) is 0.801. The monoisotopic (exact) mass is 352 g/mol. The average Bonchev–Trinajstić information content (AvgIpc) is 2.57. The number of nitrogens with zero attached hydrogens (tertiary/aromatic N) is 1. The van der Waals surface area contributed by atoms with Gasteiger partial charge < -0.3 is 24.3 Å². The van der Waals surface area contributed by atoms with Gasteiger partial charge in [-0.3, -0.25) is 9.69 Å². The highest BCUT2D eigenvalue weighted by Gasteiger charge is 2.23. The van der Waals surface area contributed by atoms with Crippen LogP contribution in [0.5, 0.6) is 17.2 Å². The fourth-order valence-electron chi connectivity index (χ4n) is 3.11. The largest absolute Gasteiger partial charge is 0.493 e.